The molecular formula is C24H42N4O2. The average molecular weight is 419 g/mol. The summed E-state index contributed by atoms with van der Waals surface area (Å²) in [6.07, 6.45) is 14.3. The highest BCUT2D eigenvalue weighted by Gasteiger charge is 2.50. The quantitative estimate of drug-likeness (QED) is 0.482. The lowest BCUT2D eigenvalue weighted by molar-refractivity contribution is 0.137. The molecule has 3 rings (SSSR count). The van der Waals surface area contributed by atoms with Crippen molar-refractivity contribution < 1.29 is 9.53 Å². The molecular weight excluding hydrogens is 376 g/mol. The molecule has 1 amide bonds. The third-order valence-electron chi connectivity index (χ3n) is 7.36. The highest BCUT2D eigenvalue weighted by molar-refractivity contribution is 5.67. The van der Waals surface area contributed by atoms with Crippen molar-refractivity contribution in [2.75, 3.05) is 13.2 Å². The summed E-state index contributed by atoms with van der Waals surface area (Å²) >= 11 is 0. The Hall–Kier alpha value is -1.59. The second kappa shape index (κ2) is 11.7. The molecule has 6 nitrogen and oxygen atoms in total. The van der Waals surface area contributed by atoms with Crippen molar-refractivity contribution in [3.63, 3.8) is 0 Å². The number of aromatic nitrogens is 3. The third kappa shape index (κ3) is 6.45. The molecule has 1 aromatic rings. The van der Waals surface area contributed by atoms with E-state index in [1.807, 2.05) is 11.7 Å². The molecule has 1 heterocycles. The molecule has 0 spiro atoms. The van der Waals surface area contributed by atoms with Crippen LogP contribution in [0.15, 0.2) is 0 Å². The number of amides is 1. The first-order valence-corrected chi connectivity index (χ1v) is 12.4. The van der Waals surface area contributed by atoms with Gasteiger partial charge in [0.05, 0.1) is 18.0 Å². The molecule has 0 aliphatic heterocycles. The maximum atomic E-state index is 12.1. The van der Waals surface area contributed by atoms with Crippen LogP contribution in [-0.2, 0) is 24.6 Å². The van der Waals surface area contributed by atoms with Gasteiger partial charge >= 0.3 is 6.09 Å². The van der Waals surface area contributed by atoms with Gasteiger partial charge in [0.2, 0.25) is 0 Å². The van der Waals surface area contributed by atoms with Gasteiger partial charge in [-0.2, -0.15) is 0 Å². The predicted molar refractivity (Wildman–Crippen MR) is 119 cm³/mol. The molecule has 0 saturated heterocycles. The number of hydrogen-bond donors (Lipinski definition) is 1. The normalized spacial score (nSPS) is 22.7. The molecule has 6 heteroatoms. The lowest BCUT2D eigenvalue weighted by atomic mass is 9.92. The topological polar surface area (TPSA) is 69.0 Å². The Bertz CT molecular complexity index is 652. The molecule has 30 heavy (non-hydrogen) atoms. The Balaban J connectivity index is 1.29. The molecule has 1 fully saturated rings. The minimum atomic E-state index is -0.234. The van der Waals surface area contributed by atoms with Gasteiger partial charge in [0.1, 0.15) is 0 Å². The Morgan fingerprint density at radius 1 is 1.10 bits per heavy atom. The summed E-state index contributed by atoms with van der Waals surface area (Å²) in [5, 5.41) is 11.5. The first-order valence-electron chi connectivity index (χ1n) is 12.4. The maximum absolute atomic E-state index is 12.1. The molecule has 170 valence electrons. The molecule has 1 saturated carbocycles. The van der Waals surface area contributed by atoms with Gasteiger partial charge in [0.25, 0.3) is 0 Å². The summed E-state index contributed by atoms with van der Waals surface area (Å²) in [6, 6.07) is 0. The van der Waals surface area contributed by atoms with Crippen molar-refractivity contribution in [1.29, 1.82) is 0 Å². The molecule has 0 aromatic carbocycles. The fourth-order valence-corrected chi connectivity index (χ4v) is 5.38. The summed E-state index contributed by atoms with van der Waals surface area (Å²) in [6.45, 7) is 5.83. The molecule has 1 N–H and O–H groups in total. The van der Waals surface area contributed by atoms with Crippen molar-refractivity contribution in [3.05, 3.63) is 11.4 Å². The first-order chi connectivity index (χ1) is 14.6. The van der Waals surface area contributed by atoms with E-state index in [1.54, 1.807) is 0 Å². The van der Waals surface area contributed by atoms with Gasteiger partial charge in [-0.15, -0.1) is 5.10 Å². The number of carbonyl (C=O) groups is 1. The zero-order chi connectivity index (χ0) is 21.3. The number of aryl methyl sites for hydroxylation is 2. The van der Waals surface area contributed by atoms with Crippen LogP contribution in [0.5, 0.6) is 0 Å². The molecule has 2 aliphatic carbocycles. The summed E-state index contributed by atoms with van der Waals surface area (Å²) in [5.74, 6) is 2.73. The number of fused-ring (bicyclic) bond motifs is 2. The molecule has 3 atom stereocenters. The largest absolute Gasteiger partial charge is 0.449 e. The van der Waals surface area contributed by atoms with Crippen molar-refractivity contribution in [2.24, 2.45) is 30.7 Å². The van der Waals surface area contributed by atoms with E-state index >= 15 is 0 Å². The predicted octanol–water partition coefficient (Wildman–Crippen LogP) is 5.06. The third-order valence-corrected chi connectivity index (χ3v) is 7.36. The van der Waals surface area contributed by atoms with E-state index in [1.165, 1.54) is 50.6 Å². The summed E-state index contributed by atoms with van der Waals surface area (Å²) < 4.78 is 7.50. The van der Waals surface area contributed by atoms with Gasteiger partial charge in [0, 0.05) is 13.6 Å². The second-order valence-corrected chi connectivity index (χ2v) is 9.49. The summed E-state index contributed by atoms with van der Waals surface area (Å²) in [5.41, 5.74) is 2.45. The average Bonchev–Trinajstić information content (AvgIpc) is 3.27. The van der Waals surface area contributed by atoms with Gasteiger partial charge in [-0.1, -0.05) is 57.6 Å². The number of ether oxygens (including phenoxy) is 1. The van der Waals surface area contributed by atoms with E-state index < -0.39 is 0 Å². The fraction of sp³-hybridized carbons (Fsp3) is 0.875. The Morgan fingerprint density at radius 2 is 1.77 bits per heavy atom. The van der Waals surface area contributed by atoms with Crippen LogP contribution < -0.4 is 5.32 Å². The molecule has 0 bridgehead atoms. The SMILES string of the molecule is CCCCC(CCCC)CCCNC(=O)OCC1C2CCc3nnn(C)c3CCC21. The van der Waals surface area contributed by atoms with E-state index in [2.05, 4.69) is 29.5 Å². The molecule has 1 aromatic heterocycles. The maximum Gasteiger partial charge on any atom is 0.407 e. The van der Waals surface area contributed by atoms with Gasteiger partial charge in [0.15, 0.2) is 0 Å². The van der Waals surface area contributed by atoms with Gasteiger partial charge < -0.3 is 10.1 Å². The van der Waals surface area contributed by atoms with E-state index in [0.29, 0.717) is 24.4 Å². The Kier molecular flexibility index (Phi) is 9.01. The standard InChI is InChI=1S/C24H42N4O2/c1-4-6-9-18(10-7-5-2)11-8-16-25-24(29)30-17-21-19-12-14-22-23(15-13-20(19)21)28(3)27-26-22/h18-21H,4-17H2,1-3H3,(H,25,29). The van der Waals surface area contributed by atoms with Crippen LogP contribution in [0.2, 0.25) is 0 Å². The highest BCUT2D eigenvalue weighted by Crippen LogP contribution is 2.52. The number of unbranched alkanes of at least 4 members (excludes halogenated alkanes) is 2. The van der Waals surface area contributed by atoms with Crippen LogP contribution >= 0.6 is 0 Å². The minimum Gasteiger partial charge on any atom is -0.449 e. The number of rotatable bonds is 12. The second-order valence-electron chi connectivity index (χ2n) is 9.49. The monoisotopic (exact) mass is 418 g/mol. The minimum absolute atomic E-state index is 0.234. The lowest BCUT2D eigenvalue weighted by Crippen LogP contribution is -2.26. The van der Waals surface area contributed by atoms with E-state index in [0.717, 1.165) is 50.3 Å². The molecule has 2 aliphatic rings. The lowest BCUT2D eigenvalue weighted by Gasteiger charge is -2.16. The first kappa shape index (κ1) is 23.1. The zero-order valence-corrected chi connectivity index (χ0v) is 19.4. The van der Waals surface area contributed by atoms with Crippen LogP contribution in [-0.4, -0.2) is 34.2 Å². The van der Waals surface area contributed by atoms with Crippen LogP contribution in [0.25, 0.3) is 0 Å². The number of nitrogens with zero attached hydrogens (tertiary/aromatic N) is 3. The van der Waals surface area contributed by atoms with Crippen LogP contribution in [0.4, 0.5) is 4.79 Å². The fourth-order valence-electron chi connectivity index (χ4n) is 5.38. The molecule has 3 unspecified atom stereocenters. The zero-order valence-electron chi connectivity index (χ0n) is 19.4. The summed E-state index contributed by atoms with van der Waals surface area (Å²) in [4.78, 5) is 12.1. The van der Waals surface area contributed by atoms with E-state index in [-0.39, 0.29) is 6.09 Å². The number of hydrogen-bond acceptors (Lipinski definition) is 4. The number of nitrogens with one attached hydrogen (secondary N) is 1. The Morgan fingerprint density at radius 3 is 2.47 bits per heavy atom. The number of alkyl carbamates (subject to hydrolysis) is 1. The van der Waals surface area contributed by atoms with Crippen LogP contribution in [0, 0.1) is 23.7 Å². The van der Waals surface area contributed by atoms with Crippen molar-refractivity contribution in [3.8, 4) is 0 Å². The number of carbonyl (C=O) groups excluding carboxylic acids is 1. The van der Waals surface area contributed by atoms with Crippen molar-refractivity contribution >= 4 is 6.09 Å². The molecule has 0 radical (unpaired) electrons. The van der Waals surface area contributed by atoms with Crippen LogP contribution in [0.1, 0.15) is 89.4 Å². The van der Waals surface area contributed by atoms with Crippen molar-refractivity contribution in [1.82, 2.24) is 20.3 Å². The summed E-state index contributed by atoms with van der Waals surface area (Å²) in [7, 11) is 1.98. The van der Waals surface area contributed by atoms with Gasteiger partial charge in [-0.25, -0.2) is 4.79 Å². The van der Waals surface area contributed by atoms with E-state index in [4.69, 9.17) is 4.74 Å². The smallest absolute Gasteiger partial charge is 0.407 e. The highest BCUT2D eigenvalue weighted by atomic mass is 16.5. The van der Waals surface area contributed by atoms with Crippen LogP contribution in [0.3, 0.4) is 0 Å². The Labute approximate surface area is 182 Å². The van der Waals surface area contributed by atoms with E-state index in [9.17, 15) is 4.79 Å². The van der Waals surface area contributed by atoms with Crippen molar-refractivity contribution in [2.45, 2.75) is 90.9 Å². The van der Waals surface area contributed by atoms with Gasteiger partial charge in [-0.05, 0) is 62.2 Å². The van der Waals surface area contributed by atoms with Gasteiger partial charge in [-0.3, -0.25) is 4.68 Å².